The van der Waals surface area contributed by atoms with E-state index in [9.17, 15) is 17.6 Å². The van der Waals surface area contributed by atoms with E-state index in [1.807, 2.05) is 0 Å². The fourth-order valence-corrected chi connectivity index (χ4v) is 1.90. The summed E-state index contributed by atoms with van der Waals surface area (Å²) in [4.78, 5) is 0. The third-order valence-electron chi connectivity index (χ3n) is 2.82. The van der Waals surface area contributed by atoms with Crippen molar-refractivity contribution in [3.8, 4) is 5.75 Å². The maximum atomic E-state index is 12.9. The van der Waals surface area contributed by atoms with Gasteiger partial charge in [-0.2, -0.15) is 0 Å². The number of hydrazine groups is 1. The number of alkyl halides is 3. The number of ether oxygens (including phenoxy) is 1. The van der Waals surface area contributed by atoms with E-state index in [0.29, 0.717) is 11.1 Å². The summed E-state index contributed by atoms with van der Waals surface area (Å²) in [6, 6.07) is 10.5. The smallest absolute Gasteiger partial charge is 0.406 e. The Labute approximate surface area is 118 Å². The molecular formula is C14H12F4N2O. The minimum absolute atomic E-state index is 0.318. The normalized spacial score (nSPS) is 13.0. The van der Waals surface area contributed by atoms with Crippen LogP contribution in [0.2, 0.25) is 0 Å². The molecule has 7 heteroatoms. The molecule has 0 spiro atoms. The Morgan fingerprint density at radius 2 is 1.38 bits per heavy atom. The lowest BCUT2D eigenvalue weighted by Gasteiger charge is -2.17. The van der Waals surface area contributed by atoms with Gasteiger partial charge in [-0.15, -0.1) is 13.2 Å². The van der Waals surface area contributed by atoms with Crippen LogP contribution in [0.25, 0.3) is 0 Å². The summed E-state index contributed by atoms with van der Waals surface area (Å²) >= 11 is 0. The highest BCUT2D eigenvalue weighted by atomic mass is 19.4. The van der Waals surface area contributed by atoms with E-state index >= 15 is 0 Å². The monoisotopic (exact) mass is 300 g/mol. The minimum atomic E-state index is -4.73. The van der Waals surface area contributed by atoms with E-state index < -0.39 is 12.4 Å². The van der Waals surface area contributed by atoms with Crippen LogP contribution in [0.3, 0.4) is 0 Å². The summed E-state index contributed by atoms with van der Waals surface area (Å²) in [7, 11) is 0. The van der Waals surface area contributed by atoms with Crippen LogP contribution < -0.4 is 16.0 Å². The van der Waals surface area contributed by atoms with Crippen molar-refractivity contribution >= 4 is 0 Å². The van der Waals surface area contributed by atoms with E-state index in [0.717, 1.165) is 0 Å². The van der Waals surface area contributed by atoms with Crippen LogP contribution >= 0.6 is 0 Å². The van der Waals surface area contributed by atoms with E-state index in [-0.39, 0.29) is 11.6 Å². The number of hydrogen-bond acceptors (Lipinski definition) is 3. The van der Waals surface area contributed by atoms with Gasteiger partial charge in [0.1, 0.15) is 11.6 Å². The van der Waals surface area contributed by atoms with Gasteiger partial charge in [-0.1, -0.05) is 24.3 Å². The Morgan fingerprint density at radius 1 is 0.905 bits per heavy atom. The fraction of sp³-hybridized carbons (Fsp3) is 0.143. The van der Waals surface area contributed by atoms with Crippen molar-refractivity contribution in [2.75, 3.05) is 0 Å². The van der Waals surface area contributed by atoms with Gasteiger partial charge in [0.2, 0.25) is 0 Å². The molecule has 0 amide bonds. The van der Waals surface area contributed by atoms with Crippen LogP contribution in [0.5, 0.6) is 5.75 Å². The summed E-state index contributed by atoms with van der Waals surface area (Å²) in [5.41, 5.74) is 3.84. The van der Waals surface area contributed by atoms with E-state index in [4.69, 9.17) is 5.84 Å². The lowest BCUT2D eigenvalue weighted by Crippen LogP contribution is -2.28. The number of halogens is 4. The molecule has 0 saturated heterocycles. The standard InChI is InChI=1S/C14H12F4N2O/c15-11-5-1-9(2-6-11)13(20-19)10-3-7-12(8-4-10)21-14(16,17)18/h1-8,13,20H,19H2. The lowest BCUT2D eigenvalue weighted by atomic mass is 9.99. The zero-order chi connectivity index (χ0) is 15.5. The molecule has 0 bridgehead atoms. The Kier molecular flexibility index (Phi) is 4.44. The highest BCUT2D eigenvalue weighted by Gasteiger charge is 2.31. The van der Waals surface area contributed by atoms with Crippen LogP contribution in [0.4, 0.5) is 17.6 Å². The SMILES string of the molecule is NNC(c1ccc(F)cc1)c1ccc(OC(F)(F)F)cc1. The van der Waals surface area contributed by atoms with Crippen LogP contribution in [0, 0.1) is 5.82 Å². The van der Waals surface area contributed by atoms with Gasteiger partial charge in [-0.05, 0) is 35.4 Å². The molecule has 1 unspecified atom stereocenters. The number of rotatable bonds is 4. The van der Waals surface area contributed by atoms with E-state index in [1.54, 1.807) is 12.1 Å². The highest BCUT2D eigenvalue weighted by molar-refractivity contribution is 5.35. The third kappa shape index (κ3) is 4.17. The summed E-state index contributed by atoms with van der Waals surface area (Å²) in [6.45, 7) is 0. The first-order chi connectivity index (χ1) is 9.89. The third-order valence-corrected chi connectivity index (χ3v) is 2.82. The summed E-state index contributed by atoms with van der Waals surface area (Å²) in [5, 5.41) is 0. The molecule has 0 fully saturated rings. The van der Waals surface area contributed by atoms with Gasteiger partial charge in [-0.3, -0.25) is 5.84 Å². The number of nitrogens with two attached hydrogens (primary N) is 1. The van der Waals surface area contributed by atoms with Crippen molar-refractivity contribution in [3.05, 3.63) is 65.5 Å². The summed E-state index contributed by atoms with van der Waals surface area (Å²) < 4.78 is 52.9. The van der Waals surface area contributed by atoms with E-state index in [2.05, 4.69) is 10.2 Å². The van der Waals surface area contributed by atoms with Gasteiger partial charge in [-0.25, -0.2) is 9.82 Å². The van der Waals surface area contributed by atoms with Crippen molar-refractivity contribution < 1.29 is 22.3 Å². The zero-order valence-electron chi connectivity index (χ0n) is 10.7. The molecule has 112 valence electrons. The minimum Gasteiger partial charge on any atom is -0.406 e. The molecule has 0 aromatic heterocycles. The lowest BCUT2D eigenvalue weighted by molar-refractivity contribution is -0.274. The average Bonchev–Trinajstić information content (AvgIpc) is 2.42. The maximum absolute atomic E-state index is 12.9. The molecule has 2 aromatic carbocycles. The molecule has 3 N–H and O–H groups in total. The summed E-state index contributed by atoms with van der Waals surface area (Å²) in [6.07, 6.45) is -4.73. The second kappa shape index (κ2) is 6.11. The quantitative estimate of drug-likeness (QED) is 0.517. The van der Waals surface area contributed by atoms with Crippen molar-refractivity contribution in [2.45, 2.75) is 12.4 Å². The van der Waals surface area contributed by atoms with Crippen molar-refractivity contribution in [3.63, 3.8) is 0 Å². The second-order valence-corrected chi connectivity index (χ2v) is 4.27. The predicted molar refractivity (Wildman–Crippen MR) is 68.7 cm³/mol. The van der Waals surface area contributed by atoms with Gasteiger partial charge >= 0.3 is 6.36 Å². The van der Waals surface area contributed by atoms with Crippen LogP contribution in [0.1, 0.15) is 17.2 Å². The molecule has 2 rings (SSSR count). The first-order valence-electron chi connectivity index (χ1n) is 5.96. The first kappa shape index (κ1) is 15.3. The van der Waals surface area contributed by atoms with Gasteiger partial charge < -0.3 is 4.74 Å². The Hall–Kier alpha value is -2.12. The molecule has 0 heterocycles. The molecule has 0 saturated carbocycles. The molecule has 21 heavy (non-hydrogen) atoms. The summed E-state index contributed by atoms with van der Waals surface area (Å²) in [5.74, 6) is 4.76. The molecule has 3 nitrogen and oxygen atoms in total. The topological polar surface area (TPSA) is 47.3 Å². The fourth-order valence-electron chi connectivity index (χ4n) is 1.90. The van der Waals surface area contributed by atoms with Crippen LogP contribution in [0.15, 0.2) is 48.5 Å². The van der Waals surface area contributed by atoms with Gasteiger partial charge in [0.05, 0.1) is 6.04 Å². The maximum Gasteiger partial charge on any atom is 0.573 e. The zero-order valence-corrected chi connectivity index (χ0v) is 10.7. The molecule has 0 aliphatic heterocycles. The second-order valence-electron chi connectivity index (χ2n) is 4.27. The number of nitrogens with one attached hydrogen (secondary N) is 1. The Bertz CT molecular complexity index is 581. The van der Waals surface area contributed by atoms with Crippen LogP contribution in [-0.4, -0.2) is 6.36 Å². The van der Waals surface area contributed by atoms with Gasteiger partial charge in [0.25, 0.3) is 0 Å². The number of hydrogen-bond donors (Lipinski definition) is 2. The van der Waals surface area contributed by atoms with Gasteiger partial charge in [0, 0.05) is 0 Å². The largest absolute Gasteiger partial charge is 0.573 e. The molecule has 1 atom stereocenters. The van der Waals surface area contributed by atoms with E-state index in [1.165, 1.54) is 36.4 Å². The Morgan fingerprint density at radius 3 is 1.81 bits per heavy atom. The predicted octanol–water partition coefficient (Wildman–Crippen LogP) is 3.28. The molecule has 0 aliphatic carbocycles. The van der Waals surface area contributed by atoms with Crippen molar-refractivity contribution in [1.29, 1.82) is 0 Å². The van der Waals surface area contributed by atoms with Crippen molar-refractivity contribution in [2.24, 2.45) is 5.84 Å². The molecule has 0 radical (unpaired) electrons. The molecular weight excluding hydrogens is 288 g/mol. The Balaban J connectivity index is 2.21. The average molecular weight is 300 g/mol. The highest BCUT2D eigenvalue weighted by Crippen LogP contribution is 2.26. The van der Waals surface area contributed by atoms with Crippen molar-refractivity contribution in [1.82, 2.24) is 5.43 Å². The molecule has 2 aromatic rings. The van der Waals surface area contributed by atoms with Gasteiger partial charge in [0.15, 0.2) is 0 Å². The van der Waals surface area contributed by atoms with Crippen LogP contribution in [-0.2, 0) is 0 Å². The number of benzene rings is 2. The molecule has 0 aliphatic rings. The first-order valence-corrected chi connectivity index (χ1v) is 5.96.